The third-order valence-electron chi connectivity index (χ3n) is 9.60. The van der Waals surface area contributed by atoms with Gasteiger partial charge in [0.05, 0.1) is 0 Å². The van der Waals surface area contributed by atoms with Crippen LogP contribution in [0.2, 0.25) is 0 Å². The minimum absolute atomic E-state index is 0.0423. The maximum atomic E-state index is 12.7. The van der Waals surface area contributed by atoms with E-state index in [1.807, 2.05) is 13.0 Å². The van der Waals surface area contributed by atoms with Crippen LogP contribution in [-0.4, -0.2) is 11.6 Å². The highest BCUT2D eigenvalue weighted by atomic mass is 16.1. The fourth-order valence-electron chi connectivity index (χ4n) is 8.55. The van der Waals surface area contributed by atoms with E-state index in [4.69, 9.17) is 0 Å². The molecule has 142 valence electrons. The average Bonchev–Trinajstić information content (AvgIpc) is 2.66. The summed E-state index contributed by atoms with van der Waals surface area (Å²) in [7, 11) is 0. The number of Topliss-reactive ketones (excluding diaryl/α,β-unsaturated/α-hetero) is 1. The van der Waals surface area contributed by atoms with Crippen molar-refractivity contribution in [1.29, 1.82) is 0 Å². The number of hydrogen-bond donors (Lipinski definition) is 0. The molecule has 5 aliphatic rings. The summed E-state index contributed by atoms with van der Waals surface area (Å²) in [5, 5.41) is 0. The van der Waals surface area contributed by atoms with Gasteiger partial charge in [0.25, 0.3) is 0 Å². The Morgan fingerprint density at radius 2 is 1.69 bits per heavy atom. The van der Waals surface area contributed by atoms with Gasteiger partial charge in [0.2, 0.25) is 0 Å². The number of ketones is 2. The summed E-state index contributed by atoms with van der Waals surface area (Å²) in [5.74, 6) is 6.15. The van der Waals surface area contributed by atoms with Gasteiger partial charge in [-0.1, -0.05) is 18.9 Å². The van der Waals surface area contributed by atoms with Gasteiger partial charge in [-0.05, 0) is 106 Å². The van der Waals surface area contributed by atoms with Crippen molar-refractivity contribution in [2.45, 2.75) is 77.6 Å². The lowest BCUT2D eigenvalue weighted by molar-refractivity contribution is -0.148. The van der Waals surface area contributed by atoms with Crippen LogP contribution in [0, 0.1) is 46.8 Å². The zero-order valence-corrected chi connectivity index (χ0v) is 16.3. The number of carbonyl (C=O) groups is 2. The second kappa shape index (κ2) is 6.31. The van der Waals surface area contributed by atoms with Crippen molar-refractivity contribution in [3.8, 4) is 0 Å². The van der Waals surface area contributed by atoms with Crippen molar-refractivity contribution in [3.63, 3.8) is 0 Å². The molecule has 0 radical (unpaired) electrons. The molecule has 0 aromatic heterocycles. The van der Waals surface area contributed by atoms with Crippen molar-refractivity contribution < 1.29 is 9.59 Å². The Balaban J connectivity index is 1.41. The minimum Gasteiger partial charge on any atom is -0.299 e. The van der Waals surface area contributed by atoms with Gasteiger partial charge in [0, 0.05) is 11.8 Å². The SMILES string of the molecule is CC(=O)C12CCCCC1C1CCC3C4C=CC(=O)CC4CCC3C1CC2. The Bertz CT molecular complexity index is 634. The summed E-state index contributed by atoms with van der Waals surface area (Å²) in [6.45, 7) is 1.89. The number of hydrogen-bond acceptors (Lipinski definition) is 2. The minimum atomic E-state index is 0.0423. The fraction of sp³-hybridized carbons (Fsp3) is 0.833. The van der Waals surface area contributed by atoms with E-state index in [1.165, 1.54) is 64.2 Å². The van der Waals surface area contributed by atoms with E-state index in [1.54, 1.807) is 0 Å². The van der Waals surface area contributed by atoms with Crippen LogP contribution < -0.4 is 0 Å². The first-order chi connectivity index (χ1) is 12.6. The molecule has 8 atom stereocenters. The molecule has 0 bridgehead atoms. The van der Waals surface area contributed by atoms with Crippen molar-refractivity contribution in [2.24, 2.45) is 46.8 Å². The van der Waals surface area contributed by atoms with E-state index in [0.29, 0.717) is 29.3 Å². The highest BCUT2D eigenvalue weighted by molar-refractivity contribution is 5.90. The maximum absolute atomic E-state index is 12.7. The topological polar surface area (TPSA) is 34.1 Å². The predicted octanol–water partition coefficient (Wildman–Crippen LogP) is 5.36. The van der Waals surface area contributed by atoms with E-state index in [9.17, 15) is 9.59 Å². The third-order valence-corrected chi connectivity index (χ3v) is 9.60. The van der Waals surface area contributed by atoms with E-state index in [-0.39, 0.29) is 5.41 Å². The largest absolute Gasteiger partial charge is 0.299 e. The van der Waals surface area contributed by atoms with Gasteiger partial charge in [0.1, 0.15) is 5.78 Å². The van der Waals surface area contributed by atoms with Crippen molar-refractivity contribution >= 4 is 11.6 Å². The van der Waals surface area contributed by atoms with Crippen molar-refractivity contribution in [1.82, 2.24) is 0 Å². The van der Waals surface area contributed by atoms with Crippen LogP contribution in [-0.2, 0) is 9.59 Å². The summed E-state index contributed by atoms with van der Waals surface area (Å²) in [5.41, 5.74) is 0.0423. The Hall–Kier alpha value is -0.920. The fourth-order valence-corrected chi connectivity index (χ4v) is 8.55. The Kier molecular flexibility index (Phi) is 4.17. The van der Waals surface area contributed by atoms with Crippen LogP contribution in [0.15, 0.2) is 12.2 Å². The molecule has 8 unspecified atom stereocenters. The first kappa shape index (κ1) is 17.2. The Labute approximate surface area is 158 Å². The summed E-state index contributed by atoms with van der Waals surface area (Å²) < 4.78 is 0. The second-order valence-corrected chi connectivity index (χ2v) is 10.3. The summed E-state index contributed by atoms with van der Waals surface area (Å²) in [6.07, 6.45) is 17.8. The molecule has 5 rings (SSSR count). The molecule has 0 aliphatic heterocycles. The van der Waals surface area contributed by atoms with E-state index < -0.39 is 0 Å². The number of fused-ring (bicyclic) bond motifs is 7. The van der Waals surface area contributed by atoms with Crippen LogP contribution in [0.4, 0.5) is 0 Å². The Morgan fingerprint density at radius 1 is 0.923 bits per heavy atom. The van der Waals surface area contributed by atoms with E-state index >= 15 is 0 Å². The summed E-state index contributed by atoms with van der Waals surface area (Å²) in [6, 6.07) is 0. The van der Waals surface area contributed by atoms with Gasteiger partial charge < -0.3 is 0 Å². The quantitative estimate of drug-likeness (QED) is 0.635. The van der Waals surface area contributed by atoms with Gasteiger partial charge in [-0.15, -0.1) is 0 Å². The monoisotopic (exact) mass is 354 g/mol. The van der Waals surface area contributed by atoms with E-state index in [2.05, 4.69) is 6.08 Å². The second-order valence-electron chi connectivity index (χ2n) is 10.3. The molecule has 0 amide bonds. The molecule has 0 aromatic rings. The van der Waals surface area contributed by atoms with Gasteiger partial charge in [0.15, 0.2) is 5.78 Å². The van der Waals surface area contributed by atoms with Crippen LogP contribution in [0.5, 0.6) is 0 Å². The molecule has 4 fully saturated rings. The molecule has 26 heavy (non-hydrogen) atoms. The average molecular weight is 355 g/mol. The molecular weight excluding hydrogens is 320 g/mol. The standard InChI is InChI=1S/C24H34O2/c1-15(25)24-12-3-2-4-23(24)22-10-9-19-18-8-6-17(26)14-16(18)5-7-20(19)21(22)11-13-24/h6,8,16,18-23H,2-5,7,9-14H2,1H3. The lowest BCUT2D eigenvalue weighted by Gasteiger charge is -2.59. The summed E-state index contributed by atoms with van der Waals surface area (Å²) in [4.78, 5) is 24.5. The van der Waals surface area contributed by atoms with Crippen molar-refractivity contribution in [3.05, 3.63) is 12.2 Å². The highest BCUT2D eigenvalue weighted by Crippen LogP contribution is 2.63. The molecule has 0 N–H and O–H groups in total. The lowest BCUT2D eigenvalue weighted by Crippen LogP contribution is -2.54. The normalized spacial score (nSPS) is 50.2. The molecular formula is C24H34O2. The molecule has 0 saturated heterocycles. The van der Waals surface area contributed by atoms with Gasteiger partial charge in [-0.2, -0.15) is 0 Å². The molecule has 0 heterocycles. The third kappa shape index (κ3) is 2.43. The smallest absolute Gasteiger partial charge is 0.155 e. The zero-order valence-electron chi connectivity index (χ0n) is 16.3. The van der Waals surface area contributed by atoms with E-state index in [0.717, 1.165) is 30.1 Å². The molecule has 5 aliphatic carbocycles. The first-order valence-electron chi connectivity index (χ1n) is 11.3. The summed E-state index contributed by atoms with van der Waals surface area (Å²) >= 11 is 0. The van der Waals surface area contributed by atoms with Gasteiger partial charge in [-0.3, -0.25) is 9.59 Å². The number of carbonyl (C=O) groups excluding carboxylic acids is 2. The van der Waals surface area contributed by atoms with Gasteiger partial charge in [-0.25, -0.2) is 0 Å². The predicted molar refractivity (Wildman–Crippen MR) is 102 cm³/mol. The van der Waals surface area contributed by atoms with Crippen molar-refractivity contribution in [2.75, 3.05) is 0 Å². The van der Waals surface area contributed by atoms with Crippen LogP contribution in [0.1, 0.15) is 77.6 Å². The zero-order chi connectivity index (χ0) is 17.9. The number of rotatable bonds is 1. The number of allylic oxidation sites excluding steroid dienone is 2. The highest BCUT2D eigenvalue weighted by Gasteiger charge is 2.57. The molecule has 0 spiro atoms. The van der Waals surface area contributed by atoms with Gasteiger partial charge >= 0.3 is 0 Å². The van der Waals surface area contributed by atoms with Crippen LogP contribution in [0.25, 0.3) is 0 Å². The Morgan fingerprint density at radius 3 is 2.54 bits per heavy atom. The first-order valence-corrected chi connectivity index (χ1v) is 11.3. The molecule has 2 heteroatoms. The van der Waals surface area contributed by atoms with Crippen LogP contribution in [0.3, 0.4) is 0 Å². The maximum Gasteiger partial charge on any atom is 0.155 e. The lowest BCUT2D eigenvalue weighted by atomic mass is 9.44. The molecule has 4 saturated carbocycles. The molecule has 2 nitrogen and oxygen atoms in total. The molecule has 0 aromatic carbocycles. The van der Waals surface area contributed by atoms with Crippen LogP contribution >= 0.6 is 0 Å².